The van der Waals surface area contributed by atoms with Crippen molar-refractivity contribution in [1.29, 1.82) is 0 Å². The largest absolute Gasteiger partial charge is 0.309 e. The zero-order chi connectivity index (χ0) is 23.2. The number of nitrogens with one attached hydrogen (secondary N) is 1. The number of nitrogens with zero attached hydrogens (tertiary/aromatic N) is 4. The highest BCUT2D eigenvalue weighted by Gasteiger charge is 2.15. The molecule has 0 amide bonds. The molecule has 1 aromatic carbocycles. The molecule has 1 aliphatic rings. The van der Waals surface area contributed by atoms with Gasteiger partial charge in [-0.2, -0.15) is 0 Å². The van der Waals surface area contributed by atoms with Gasteiger partial charge in [0.2, 0.25) is 0 Å². The predicted molar refractivity (Wildman–Crippen MR) is 134 cm³/mol. The van der Waals surface area contributed by atoms with E-state index in [1.54, 1.807) is 0 Å². The van der Waals surface area contributed by atoms with Crippen LogP contribution >= 0.6 is 0 Å². The molecule has 33 heavy (non-hydrogen) atoms. The Kier molecular flexibility index (Phi) is 7.86. The Hall–Kier alpha value is -2.60. The van der Waals surface area contributed by atoms with E-state index < -0.39 is 0 Å². The molecular formula is C28H37N5. The van der Waals surface area contributed by atoms with E-state index in [2.05, 4.69) is 89.2 Å². The van der Waals surface area contributed by atoms with E-state index in [9.17, 15) is 0 Å². The maximum atomic E-state index is 4.60. The van der Waals surface area contributed by atoms with E-state index in [-0.39, 0.29) is 0 Å². The molecule has 1 N–H and O–H groups in total. The minimum atomic E-state index is 0.429. The summed E-state index contributed by atoms with van der Waals surface area (Å²) >= 11 is 0. The number of benzene rings is 1. The van der Waals surface area contributed by atoms with E-state index in [0.29, 0.717) is 12.1 Å². The topological polar surface area (TPSA) is 44.3 Å². The van der Waals surface area contributed by atoms with Gasteiger partial charge in [0.25, 0.3) is 0 Å². The molecule has 3 aromatic rings. The fourth-order valence-electron chi connectivity index (χ4n) is 4.41. The van der Waals surface area contributed by atoms with Gasteiger partial charge in [0.05, 0.1) is 0 Å². The Balaban J connectivity index is 1.67. The lowest BCUT2D eigenvalue weighted by atomic mass is 10.1. The maximum Gasteiger partial charge on any atom is 0.0313 e. The summed E-state index contributed by atoms with van der Waals surface area (Å²) in [6.45, 7) is 14.3. The molecule has 5 nitrogen and oxygen atoms in total. The van der Waals surface area contributed by atoms with Gasteiger partial charge >= 0.3 is 0 Å². The highest BCUT2D eigenvalue weighted by molar-refractivity contribution is 5.25. The van der Waals surface area contributed by atoms with E-state index in [0.717, 1.165) is 39.3 Å². The third-order valence-corrected chi connectivity index (χ3v) is 6.36. The van der Waals surface area contributed by atoms with Crippen LogP contribution in [0.1, 0.15) is 61.1 Å². The molecule has 3 heterocycles. The van der Waals surface area contributed by atoms with Gasteiger partial charge in [-0.15, -0.1) is 0 Å². The highest BCUT2D eigenvalue weighted by atomic mass is 15.2. The molecule has 2 aromatic heterocycles. The van der Waals surface area contributed by atoms with Gasteiger partial charge in [-0.3, -0.25) is 19.8 Å². The molecule has 4 rings (SSSR count). The second kappa shape index (κ2) is 11.0. The van der Waals surface area contributed by atoms with E-state index in [1.807, 2.05) is 24.8 Å². The quantitative estimate of drug-likeness (QED) is 0.610. The van der Waals surface area contributed by atoms with E-state index in [4.69, 9.17) is 0 Å². The second-order valence-corrected chi connectivity index (χ2v) is 9.82. The monoisotopic (exact) mass is 443 g/mol. The minimum Gasteiger partial charge on any atom is -0.309 e. The fourth-order valence-corrected chi connectivity index (χ4v) is 4.41. The predicted octanol–water partition coefficient (Wildman–Crippen LogP) is 4.90. The molecule has 0 radical (unpaired) electrons. The van der Waals surface area contributed by atoms with Crippen molar-refractivity contribution in [2.75, 3.05) is 0 Å². The van der Waals surface area contributed by atoms with Crippen LogP contribution in [0.4, 0.5) is 0 Å². The van der Waals surface area contributed by atoms with Crippen molar-refractivity contribution in [1.82, 2.24) is 25.1 Å². The molecule has 0 saturated heterocycles. The van der Waals surface area contributed by atoms with Crippen molar-refractivity contribution in [3.8, 4) is 0 Å². The first-order valence-corrected chi connectivity index (χ1v) is 12.1. The van der Waals surface area contributed by atoms with Crippen LogP contribution in [0.15, 0.2) is 61.2 Å². The van der Waals surface area contributed by atoms with Crippen LogP contribution < -0.4 is 5.32 Å². The van der Waals surface area contributed by atoms with Crippen molar-refractivity contribution in [3.05, 3.63) is 94.6 Å². The summed E-state index contributed by atoms with van der Waals surface area (Å²) < 4.78 is 0. The zero-order valence-electron chi connectivity index (χ0n) is 20.5. The van der Waals surface area contributed by atoms with Gasteiger partial charge in [-0.05, 0) is 61.1 Å². The molecule has 0 aliphatic carbocycles. The SMILES string of the molecule is CC(C)N1Cc2cccc(c2)CNCc2cncc(c2)CN(C(C)C)Cc2cncc(c2)C1. The Morgan fingerprint density at radius 1 is 0.606 bits per heavy atom. The molecule has 1 aliphatic heterocycles. The van der Waals surface area contributed by atoms with E-state index in [1.165, 1.54) is 33.4 Å². The summed E-state index contributed by atoms with van der Waals surface area (Å²) in [5.41, 5.74) is 7.68. The standard InChI is InChI=1S/C28H37N5/c1-21(2)32-17-24-7-5-6-23(8-24)11-29-12-25-9-26(14-30-13-25)18-33(22(3)4)20-28-10-27(19-32)15-31-16-28/h5-10,13-16,21-22,29H,11-12,17-20H2,1-4H3. The van der Waals surface area contributed by atoms with Crippen molar-refractivity contribution in [2.45, 2.75) is 79.0 Å². The molecule has 0 unspecified atom stereocenters. The average Bonchev–Trinajstić information content (AvgIpc) is 2.78. The smallest absolute Gasteiger partial charge is 0.0313 e. The number of hydrogen-bond donors (Lipinski definition) is 1. The van der Waals surface area contributed by atoms with Crippen LogP contribution in [0, 0.1) is 0 Å². The lowest BCUT2D eigenvalue weighted by molar-refractivity contribution is 0.199. The minimum absolute atomic E-state index is 0.429. The summed E-state index contributed by atoms with van der Waals surface area (Å²) in [5, 5.41) is 3.60. The van der Waals surface area contributed by atoms with Crippen LogP contribution in [-0.4, -0.2) is 31.9 Å². The zero-order valence-corrected chi connectivity index (χ0v) is 20.5. The number of rotatable bonds is 2. The normalized spacial score (nSPS) is 16.5. The summed E-state index contributed by atoms with van der Waals surface area (Å²) in [7, 11) is 0. The number of fused-ring (bicyclic) bond motifs is 6. The Bertz CT molecular complexity index is 967. The second-order valence-electron chi connectivity index (χ2n) is 9.82. The average molecular weight is 444 g/mol. The van der Waals surface area contributed by atoms with Crippen molar-refractivity contribution >= 4 is 0 Å². The first kappa shape index (κ1) is 23.6. The summed E-state index contributed by atoms with van der Waals surface area (Å²) in [5.74, 6) is 0. The Morgan fingerprint density at radius 2 is 1.03 bits per heavy atom. The molecule has 174 valence electrons. The number of aromatic nitrogens is 2. The lowest BCUT2D eigenvalue weighted by Gasteiger charge is -2.28. The van der Waals surface area contributed by atoms with Crippen LogP contribution in [0.3, 0.4) is 0 Å². The number of pyridine rings is 2. The summed E-state index contributed by atoms with van der Waals surface area (Å²) in [6, 6.07) is 14.4. The Labute approximate surface area is 198 Å². The van der Waals surface area contributed by atoms with Crippen LogP contribution in [0.2, 0.25) is 0 Å². The van der Waals surface area contributed by atoms with Gasteiger partial charge in [0.1, 0.15) is 0 Å². The van der Waals surface area contributed by atoms with Crippen molar-refractivity contribution < 1.29 is 0 Å². The van der Waals surface area contributed by atoms with Crippen molar-refractivity contribution in [2.24, 2.45) is 0 Å². The molecule has 5 heteroatoms. The molecule has 0 fully saturated rings. The van der Waals surface area contributed by atoms with Crippen LogP contribution in [-0.2, 0) is 39.3 Å². The third kappa shape index (κ3) is 6.70. The van der Waals surface area contributed by atoms with Crippen molar-refractivity contribution in [3.63, 3.8) is 0 Å². The molecule has 0 saturated carbocycles. The molecule has 0 atom stereocenters. The van der Waals surface area contributed by atoms with Crippen LogP contribution in [0.5, 0.6) is 0 Å². The molecular weight excluding hydrogens is 406 g/mol. The van der Waals surface area contributed by atoms with Gasteiger partial charge in [-0.1, -0.05) is 36.4 Å². The molecule has 6 bridgehead atoms. The van der Waals surface area contributed by atoms with E-state index >= 15 is 0 Å². The van der Waals surface area contributed by atoms with Gasteiger partial charge in [0, 0.05) is 76.1 Å². The van der Waals surface area contributed by atoms with Gasteiger partial charge in [0.15, 0.2) is 0 Å². The fraction of sp³-hybridized carbons (Fsp3) is 0.429. The third-order valence-electron chi connectivity index (χ3n) is 6.36. The maximum absolute atomic E-state index is 4.60. The highest BCUT2D eigenvalue weighted by Crippen LogP contribution is 2.18. The summed E-state index contributed by atoms with van der Waals surface area (Å²) in [4.78, 5) is 14.1. The van der Waals surface area contributed by atoms with Gasteiger partial charge < -0.3 is 5.32 Å². The Morgan fingerprint density at radius 3 is 1.61 bits per heavy atom. The number of hydrogen-bond acceptors (Lipinski definition) is 5. The summed E-state index contributed by atoms with van der Waals surface area (Å²) in [6.07, 6.45) is 8.00. The first-order valence-electron chi connectivity index (χ1n) is 12.1. The lowest BCUT2D eigenvalue weighted by Crippen LogP contribution is -2.31. The van der Waals surface area contributed by atoms with Crippen LogP contribution in [0.25, 0.3) is 0 Å². The first-order chi connectivity index (χ1) is 16.0. The molecule has 0 spiro atoms. The van der Waals surface area contributed by atoms with Gasteiger partial charge in [-0.25, -0.2) is 0 Å².